The maximum absolute atomic E-state index is 12.5. The van der Waals surface area contributed by atoms with Crippen molar-refractivity contribution >= 4 is 33.0 Å². The van der Waals surface area contributed by atoms with Crippen molar-refractivity contribution in [3.05, 3.63) is 46.7 Å². The molecule has 2 aromatic rings. The van der Waals surface area contributed by atoms with Gasteiger partial charge in [0.15, 0.2) is 5.15 Å². The summed E-state index contributed by atoms with van der Waals surface area (Å²) in [6, 6.07) is 6.50. The van der Waals surface area contributed by atoms with Gasteiger partial charge >= 0.3 is 0 Å². The van der Waals surface area contributed by atoms with Crippen LogP contribution >= 0.6 is 11.6 Å². The van der Waals surface area contributed by atoms with Gasteiger partial charge in [-0.2, -0.15) is 0 Å². The number of sulfonamides is 1. The summed E-state index contributed by atoms with van der Waals surface area (Å²) in [6.07, 6.45) is 1.48. The molecule has 0 atom stereocenters. The highest BCUT2D eigenvalue weighted by atomic mass is 35.5. The number of hydrogen-bond acceptors (Lipinski definition) is 4. The fourth-order valence-corrected chi connectivity index (χ4v) is 3.71. The summed E-state index contributed by atoms with van der Waals surface area (Å²) in [4.78, 5) is 4.00. The van der Waals surface area contributed by atoms with Crippen LogP contribution in [0.2, 0.25) is 5.15 Å². The molecule has 5 nitrogen and oxygen atoms in total. The van der Waals surface area contributed by atoms with Crippen molar-refractivity contribution in [3.8, 4) is 0 Å². The highest BCUT2D eigenvalue weighted by Crippen LogP contribution is 2.28. The van der Waals surface area contributed by atoms with Crippen LogP contribution in [0.3, 0.4) is 0 Å². The van der Waals surface area contributed by atoms with E-state index in [4.69, 9.17) is 17.3 Å². The molecule has 0 aliphatic heterocycles. The van der Waals surface area contributed by atoms with E-state index in [-0.39, 0.29) is 15.7 Å². The molecule has 0 unspecified atom stereocenters. The van der Waals surface area contributed by atoms with E-state index < -0.39 is 10.0 Å². The van der Waals surface area contributed by atoms with Crippen LogP contribution in [0.1, 0.15) is 11.1 Å². The van der Waals surface area contributed by atoms with Crippen molar-refractivity contribution in [2.24, 2.45) is 0 Å². The Morgan fingerprint density at radius 1 is 1.25 bits per heavy atom. The molecule has 0 aliphatic rings. The number of anilines is 2. The molecule has 0 spiro atoms. The van der Waals surface area contributed by atoms with Gasteiger partial charge in [0, 0.05) is 11.9 Å². The third-order valence-electron chi connectivity index (χ3n) is 2.92. The first kappa shape index (κ1) is 14.6. The van der Waals surface area contributed by atoms with Crippen LogP contribution in [0.4, 0.5) is 11.4 Å². The zero-order valence-electron chi connectivity index (χ0n) is 11.0. The fraction of sp³-hybridized carbons (Fsp3) is 0.154. The van der Waals surface area contributed by atoms with Gasteiger partial charge < -0.3 is 5.73 Å². The predicted octanol–water partition coefficient (Wildman–Crippen LogP) is 2.73. The van der Waals surface area contributed by atoms with E-state index >= 15 is 0 Å². The smallest absolute Gasteiger partial charge is 0.262 e. The Bertz CT molecular complexity index is 760. The zero-order valence-corrected chi connectivity index (χ0v) is 12.6. The van der Waals surface area contributed by atoms with Crippen LogP contribution in [0.25, 0.3) is 0 Å². The second-order valence-electron chi connectivity index (χ2n) is 4.37. The quantitative estimate of drug-likeness (QED) is 0.674. The van der Waals surface area contributed by atoms with E-state index in [9.17, 15) is 8.42 Å². The van der Waals surface area contributed by atoms with Crippen molar-refractivity contribution < 1.29 is 8.42 Å². The van der Waals surface area contributed by atoms with Crippen LogP contribution in [-0.4, -0.2) is 13.4 Å². The van der Waals surface area contributed by atoms with Gasteiger partial charge in [-0.05, 0) is 43.2 Å². The van der Waals surface area contributed by atoms with E-state index in [2.05, 4.69) is 9.71 Å². The van der Waals surface area contributed by atoms with Crippen molar-refractivity contribution in [1.82, 2.24) is 4.98 Å². The first-order valence-electron chi connectivity index (χ1n) is 5.82. The van der Waals surface area contributed by atoms with Crippen molar-refractivity contribution in [2.45, 2.75) is 18.7 Å². The number of nitrogen functional groups attached to an aromatic ring is 1. The summed E-state index contributed by atoms with van der Waals surface area (Å²) in [6.45, 7) is 3.38. The first-order valence-corrected chi connectivity index (χ1v) is 7.68. The summed E-state index contributed by atoms with van der Waals surface area (Å²) in [5.41, 5.74) is 7.56. The normalized spacial score (nSPS) is 11.3. The summed E-state index contributed by atoms with van der Waals surface area (Å²) < 4.78 is 27.4. The van der Waals surface area contributed by atoms with Crippen molar-refractivity contribution in [3.63, 3.8) is 0 Å². The molecule has 0 saturated carbocycles. The van der Waals surface area contributed by atoms with Gasteiger partial charge in [0.25, 0.3) is 10.0 Å². The summed E-state index contributed by atoms with van der Waals surface area (Å²) in [7, 11) is -3.77. The third-order valence-corrected chi connectivity index (χ3v) is 4.87. The van der Waals surface area contributed by atoms with Gasteiger partial charge in [-0.15, -0.1) is 0 Å². The van der Waals surface area contributed by atoms with Gasteiger partial charge in [0.1, 0.15) is 0 Å². The standard InChI is InChI=1S/C13H14ClN3O2S/c1-8-5-6-10(15)9(2)12(8)20(18,19)17-11-4-3-7-16-13(11)14/h3-7,17H,15H2,1-2H3. The second kappa shape index (κ2) is 5.30. The van der Waals surface area contributed by atoms with Crippen LogP contribution < -0.4 is 10.5 Å². The minimum absolute atomic E-state index is 0.0929. The molecule has 0 saturated heterocycles. The van der Waals surface area contributed by atoms with E-state index in [1.807, 2.05) is 0 Å². The number of hydrogen-bond donors (Lipinski definition) is 2. The van der Waals surface area contributed by atoms with E-state index in [1.165, 1.54) is 6.20 Å². The molecular formula is C13H14ClN3O2S. The molecule has 106 valence electrons. The Balaban J connectivity index is 2.52. The fourth-order valence-electron chi connectivity index (χ4n) is 1.91. The van der Waals surface area contributed by atoms with E-state index in [0.717, 1.165) is 0 Å². The van der Waals surface area contributed by atoms with Crippen molar-refractivity contribution in [1.29, 1.82) is 0 Å². The monoisotopic (exact) mass is 311 g/mol. The molecule has 1 aromatic carbocycles. The van der Waals surface area contributed by atoms with Gasteiger partial charge in [-0.3, -0.25) is 4.72 Å². The lowest BCUT2D eigenvalue weighted by atomic mass is 10.1. The SMILES string of the molecule is Cc1ccc(N)c(C)c1S(=O)(=O)Nc1cccnc1Cl. The Labute approximate surface area is 122 Å². The molecule has 7 heteroatoms. The van der Waals surface area contributed by atoms with Crippen LogP contribution in [0.5, 0.6) is 0 Å². The van der Waals surface area contributed by atoms with Gasteiger partial charge in [-0.1, -0.05) is 17.7 Å². The summed E-state index contributed by atoms with van der Waals surface area (Å²) in [5.74, 6) is 0. The minimum Gasteiger partial charge on any atom is -0.398 e. The second-order valence-corrected chi connectivity index (χ2v) is 6.35. The maximum atomic E-state index is 12.5. The zero-order chi connectivity index (χ0) is 14.9. The molecule has 0 amide bonds. The van der Waals surface area contributed by atoms with Gasteiger partial charge in [0.05, 0.1) is 10.6 Å². The Kier molecular flexibility index (Phi) is 3.87. The average Bonchev–Trinajstić information content (AvgIpc) is 2.37. The third kappa shape index (κ3) is 2.71. The van der Waals surface area contributed by atoms with Crippen LogP contribution in [0, 0.1) is 13.8 Å². The maximum Gasteiger partial charge on any atom is 0.262 e. The Morgan fingerprint density at radius 3 is 2.60 bits per heavy atom. The number of rotatable bonds is 3. The molecule has 1 heterocycles. The minimum atomic E-state index is -3.77. The largest absolute Gasteiger partial charge is 0.398 e. The lowest BCUT2D eigenvalue weighted by molar-refractivity contribution is 0.600. The van der Waals surface area contributed by atoms with E-state index in [0.29, 0.717) is 16.8 Å². The molecular weight excluding hydrogens is 298 g/mol. The lowest BCUT2D eigenvalue weighted by Gasteiger charge is -2.14. The Morgan fingerprint density at radius 2 is 1.95 bits per heavy atom. The predicted molar refractivity (Wildman–Crippen MR) is 80.4 cm³/mol. The summed E-state index contributed by atoms with van der Waals surface area (Å²) >= 11 is 5.87. The van der Waals surface area contributed by atoms with Gasteiger partial charge in [-0.25, -0.2) is 13.4 Å². The lowest BCUT2D eigenvalue weighted by Crippen LogP contribution is -2.17. The van der Waals surface area contributed by atoms with E-state index in [1.54, 1.807) is 38.1 Å². The number of benzene rings is 1. The van der Waals surface area contributed by atoms with Gasteiger partial charge in [0.2, 0.25) is 0 Å². The van der Waals surface area contributed by atoms with Crippen molar-refractivity contribution in [2.75, 3.05) is 10.5 Å². The molecule has 2 rings (SSSR count). The number of nitrogens with one attached hydrogen (secondary N) is 1. The highest BCUT2D eigenvalue weighted by molar-refractivity contribution is 7.92. The summed E-state index contributed by atoms with van der Waals surface area (Å²) in [5, 5.41) is 0.0929. The molecule has 0 radical (unpaired) electrons. The number of nitrogens with zero attached hydrogens (tertiary/aromatic N) is 1. The number of aromatic nitrogens is 1. The Hall–Kier alpha value is -1.79. The number of aryl methyl sites for hydroxylation is 1. The number of nitrogens with two attached hydrogens (primary N) is 1. The highest BCUT2D eigenvalue weighted by Gasteiger charge is 2.21. The number of pyridine rings is 1. The molecule has 1 aromatic heterocycles. The number of halogens is 1. The molecule has 20 heavy (non-hydrogen) atoms. The first-order chi connectivity index (χ1) is 9.33. The van der Waals surface area contributed by atoms with Crippen LogP contribution in [0.15, 0.2) is 35.4 Å². The average molecular weight is 312 g/mol. The van der Waals surface area contributed by atoms with Crippen LogP contribution in [-0.2, 0) is 10.0 Å². The molecule has 3 N–H and O–H groups in total. The topological polar surface area (TPSA) is 85.1 Å². The molecule has 0 bridgehead atoms. The molecule has 0 fully saturated rings. The molecule has 0 aliphatic carbocycles.